The van der Waals surface area contributed by atoms with Crippen molar-refractivity contribution in [2.45, 2.75) is 12.6 Å². The van der Waals surface area contributed by atoms with Crippen molar-refractivity contribution in [3.63, 3.8) is 0 Å². The van der Waals surface area contributed by atoms with Crippen LogP contribution in [0.4, 0.5) is 13.2 Å². The molecule has 4 nitrogen and oxygen atoms in total. The number of halogens is 3. The van der Waals surface area contributed by atoms with Gasteiger partial charge in [-0.1, -0.05) is 0 Å². The predicted octanol–water partition coefficient (Wildman–Crippen LogP) is 2.40. The number of methoxy groups -OCH3 is 1. The Bertz CT molecular complexity index is 447. The van der Waals surface area contributed by atoms with Gasteiger partial charge in [-0.3, -0.25) is 5.41 Å². The molecule has 0 heterocycles. The van der Waals surface area contributed by atoms with Crippen LogP contribution in [-0.4, -0.2) is 26.2 Å². The number of rotatable bonds is 6. The Labute approximate surface area is 108 Å². The fourth-order valence-electron chi connectivity index (χ4n) is 1.43. The summed E-state index contributed by atoms with van der Waals surface area (Å²) >= 11 is 0. The SMILES string of the molecule is COCCCOc1ccc(C(=N)N)cc1C(F)(F)F. The number of nitrogens with one attached hydrogen (secondary N) is 1. The Morgan fingerprint density at radius 2 is 2.00 bits per heavy atom. The minimum atomic E-state index is -4.55. The maximum absolute atomic E-state index is 12.9. The maximum Gasteiger partial charge on any atom is 0.419 e. The second-order valence-corrected chi connectivity index (χ2v) is 3.82. The van der Waals surface area contributed by atoms with Crippen LogP contribution >= 0.6 is 0 Å². The molecule has 3 N–H and O–H groups in total. The highest BCUT2D eigenvalue weighted by Gasteiger charge is 2.34. The summed E-state index contributed by atoms with van der Waals surface area (Å²) < 4.78 is 48.4. The van der Waals surface area contributed by atoms with Gasteiger partial charge in [-0.25, -0.2) is 0 Å². The van der Waals surface area contributed by atoms with E-state index in [4.69, 9.17) is 20.6 Å². The number of ether oxygens (including phenoxy) is 2. The lowest BCUT2D eigenvalue weighted by atomic mass is 10.1. The number of hydrogen-bond acceptors (Lipinski definition) is 3. The van der Waals surface area contributed by atoms with Crippen molar-refractivity contribution in [3.05, 3.63) is 29.3 Å². The van der Waals surface area contributed by atoms with Gasteiger partial charge in [-0.2, -0.15) is 13.2 Å². The zero-order chi connectivity index (χ0) is 14.5. The smallest absolute Gasteiger partial charge is 0.419 e. The number of hydrogen-bond donors (Lipinski definition) is 2. The summed E-state index contributed by atoms with van der Waals surface area (Å²) in [6.45, 7) is 0.531. The van der Waals surface area contributed by atoms with Gasteiger partial charge in [0.2, 0.25) is 0 Å². The monoisotopic (exact) mass is 276 g/mol. The van der Waals surface area contributed by atoms with Crippen LogP contribution in [0.15, 0.2) is 18.2 Å². The number of alkyl halides is 3. The largest absolute Gasteiger partial charge is 0.493 e. The topological polar surface area (TPSA) is 68.3 Å². The van der Waals surface area contributed by atoms with E-state index in [9.17, 15) is 13.2 Å². The zero-order valence-electron chi connectivity index (χ0n) is 10.4. The first-order valence-electron chi connectivity index (χ1n) is 5.53. The van der Waals surface area contributed by atoms with Gasteiger partial charge in [0.05, 0.1) is 12.2 Å². The summed E-state index contributed by atoms with van der Waals surface area (Å²) in [6, 6.07) is 3.31. The first kappa shape index (κ1) is 15.3. The van der Waals surface area contributed by atoms with Crippen molar-refractivity contribution < 1.29 is 22.6 Å². The van der Waals surface area contributed by atoms with Crippen molar-refractivity contribution >= 4 is 5.84 Å². The van der Waals surface area contributed by atoms with Crippen molar-refractivity contribution in [1.82, 2.24) is 0 Å². The summed E-state index contributed by atoms with van der Waals surface area (Å²) in [7, 11) is 1.50. The average Bonchev–Trinajstić information content (AvgIpc) is 2.33. The third kappa shape index (κ3) is 4.44. The van der Waals surface area contributed by atoms with E-state index in [2.05, 4.69) is 0 Å². The first-order chi connectivity index (χ1) is 8.86. The molecular weight excluding hydrogens is 261 g/mol. The Morgan fingerprint density at radius 1 is 1.32 bits per heavy atom. The van der Waals surface area contributed by atoms with Crippen molar-refractivity contribution in [3.8, 4) is 5.75 Å². The minimum absolute atomic E-state index is 0.0107. The molecule has 1 aromatic carbocycles. The predicted molar refractivity (Wildman–Crippen MR) is 64.4 cm³/mol. The molecule has 0 aliphatic rings. The molecule has 0 aliphatic heterocycles. The number of benzene rings is 1. The van der Waals surface area contributed by atoms with E-state index in [1.165, 1.54) is 19.2 Å². The molecule has 0 aromatic heterocycles. The van der Waals surface area contributed by atoms with Gasteiger partial charge in [-0.15, -0.1) is 0 Å². The van der Waals surface area contributed by atoms with E-state index in [0.29, 0.717) is 13.0 Å². The molecular formula is C12H15F3N2O2. The molecule has 0 aliphatic carbocycles. The second kappa shape index (κ2) is 6.42. The van der Waals surface area contributed by atoms with E-state index in [-0.39, 0.29) is 17.9 Å². The summed E-state index contributed by atoms with van der Waals surface area (Å²) in [4.78, 5) is 0. The number of nitrogens with two attached hydrogens (primary N) is 1. The van der Waals surface area contributed by atoms with Gasteiger partial charge in [0, 0.05) is 25.7 Å². The number of nitrogen functional groups attached to an aromatic ring is 1. The molecule has 0 saturated carbocycles. The summed E-state index contributed by atoms with van der Waals surface area (Å²) in [5, 5.41) is 7.15. The van der Waals surface area contributed by atoms with E-state index in [0.717, 1.165) is 6.07 Å². The van der Waals surface area contributed by atoms with Gasteiger partial charge in [-0.05, 0) is 18.2 Å². The lowest BCUT2D eigenvalue weighted by Gasteiger charge is -2.15. The third-order valence-corrected chi connectivity index (χ3v) is 2.35. The summed E-state index contributed by atoms with van der Waals surface area (Å²) in [6.07, 6.45) is -4.07. The van der Waals surface area contributed by atoms with Crippen molar-refractivity contribution in [2.24, 2.45) is 5.73 Å². The van der Waals surface area contributed by atoms with Crippen LogP contribution in [0.2, 0.25) is 0 Å². The molecule has 0 spiro atoms. The van der Waals surface area contributed by atoms with E-state index < -0.39 is 17.6 Å². The zero-order valence-corrected chi connectivity index (χ0v) is 10.4. The highest BCUT2D eigenvalue weighted by Crippen LogP contribution is 2.36. The fourth-order valence-corrected chi connectivity index (χ4v) is 1.43. The Kier molecular flexibility index (Phi) is 5.17. The Balaban J connectivity index is 2.93. The van der Waals surface area contributed by atoms with Gasteiger partial charge < -0.3 is 15.2 Å². The highest BCUT2D eigenvalue weighted by molar-refractivity contribution is 5.95. The molecule has 106 valence electrons. The van der Waals surface area contributed by atoms with Crippen LogP contribution < -0.4 is 10.5 Å². The lowest BCUT2D eigenvalue weighted by molar-refractivity contribution is -0.139. The van der Waals surface area contributed by atoms with Gasteiger partial charge in [0.15, 0.2) is 0 Å². The van der Waals surface area contributed by atoms with E-state index in [1.54, 1.807) is 0 Å². The van der Waals surface area contributed by atoms with Crippen LogP contribution in [-0.2, 0) is 10.9 Å². The molecule has 19 heavy (non-hydrogen) atoms. The lowest BCUT2D eigenvalue weighted by Crippen LogP contribution is -2.15. The Morgan fingerprint density at radius 3 is 2.53 bits per heavy atom. The second-order valence-electron chi connectivity index (χ2n) is 3.82. The number of amidine groups is 1. The standard InChI is InChI=1S/C12H15F3N2O2/c1-18-5-2-6-19-10-4-3-8(11(16)17)7-9(10)12(13,14)15/h3-4,7H,2,5-6H2,1H3,(H3,16,17). The molecule has 0 unspecified atom stereocenters. The van der Waals surface area contributed by atoms with Crippen LogP contribution in [0.3, 0.4) is 0 Å². The Hall–Kier alpha value is -1.76. The van der Waals surface area contributed by atoms with Crippen LogP contribution in [0.1, 0.15) is 17.5 Å². The quantitative estimate of drug-likeness (QED) is 0.476. The fraction of sp³-hybridized carbons (Fsp3) is 0.417. The van der Waals surface area contributed by atoms with Crippen molar-refractivity contribution in [2.75, 3.05) is 20.3 Å². The van der Waals surface area contributed by atoms with Crippen LogP contribution in [0.25, 0.3) is 0 Å². The van der Waals surface area contributed by atoms with Crippen molar-refractivity contribution in [1.29, 1.82) is 5.41 Å². The maximum atomic E-state index is 12.9. The molecule has 7 heteroatoms. The molecule has 1 rings (SSSR count). The van der Waals surface area contributed by atoms with E-state index >= 15 is 0 Å². The highest BCUT2D eigenvalue weighted by atomic mass is 19.4. The third-order valence-electron chi connectivity index (χ3n) is 2.35. The molecule has 0 saturated heterocycles. The average molecular weight is 276 g/mol. The van der Waals surface area contributed by atoms with E-state index in [1.807, 2.05) is 0 Å². The summed E-state index contributed by atoms with van der Waals surface area (Å²) in [5.74, 6) is -0.690. The molecule has 0 amide bonds. The molecule has 0 atom stereocenters. The molecule has 1 aromatic rings. The van der Waals surface area contributed by atoms with Crippen LogP contribution in [0, 0.1) is 5.41 Å². The van der Waals surface area contributed by atoms with Gasteiger partial charge in [0.1, 0.15) is 11.6 Å². The van der Waals surface area contributed by atoms with Gasteiger partial charge in [0.25, 0.3) is 0 Å². The van der Waals surface area contributed by atoms with Gasteiger partial charge >= 0.3 is 6.18 Å². The molecule has 0 radical (unpaired) electrons. The minimum Gasteiger partial charge on any atom is -0.493 e. The molecule has 0 bridgehead atoms. The summed E-state index contributed by atoms with van der Waals surface area (Å²) in [5.41, 5.74) is 4.25. The molecule has 0 fully saturated rings. The first-order valence-corrected chi connectivity index (χ1v) is 5.53. The normalized spacial score (nSPS) is 11.4. The van der Waals surface area contributed by atoms with Crippen LogP contribution in [0.5, 0.6) is 5.75 Å².